The number of aromatic nitrogens is 2. The normalized spacial score (nSPS) is 19.5. The molecule has 1 amide bonds. The smallest absolute Gasteiger partial charge is 0.269 e. The van der Waals surface area contributed by atoms with Crippen molar-refractivity contribution in [3.63, 3.8) is 0 Å². The van der Waals surface area contributed by atoms with Crippen molar-refractivity contribution in [2.24, 2.45) is 0 Å². The first-order chi connectivity index (χ1) is 14.4. The molecule has 1 aliphatic carbocycles. The van der Waals surface area contributed by atoms with E-state index in [1.807, 2.05) is 18.2 Å². The second-order valence-electron chi connectivity index (χ2n) is 7.82. The molecule has 1 aliphatic heterocycles. The lowest BCUT2D eigenvalue weighted by atomic mass is 10.1. The molecule has 0 radical (unpaired) electrons. The highest BCUT2D eigenvalue weighted by Gasteiger charge is 2.35. The number of aryl methyl sites for hydroxylation is 1. The fraction of sp³-hybridized carbons (Fsp3) is 0.524. The van der Waals surface area contributed by atoms with Crippen molar-refractivity contribution in [2.75, 3.05) is 32.3 Å². The first-order valence-electron chi connectivity index (χ1n) is 10.2. The lowest BCUT2D eigenvalue weighted by Gasteiger charge is -2.15. The van der Waals surface area contributed by atoms with Crippen LogP contribution in [0.3, 0.4) is 0 Å². The maximum Gasteiger partial charge on any atom is 0.269 e. The van der Waals surface area contributed by atoms with E-state index in [2.05, 4.69) is 10.4 Å². The molecular weight excluding hydrogens is 406 g/mol. The first kappa shape index (κ1) is 20.7. The quantitative estimate of drug-likeness (QED) is 0.714. The molecule has 8 nitrogen and oxygen atoms in total. The van der Waals surface area contributed by atoms with Crippen molar-refractivity contribution in [1.29, 1.82) is 0 Å². The van der Waals surface area contributed by atoms with Crippen LogP contribution in [0.2, 0.25) is 0 Å². The lowest BCUT2D eigenvalue weighted by Crippen LogP contribution is -2.30. The molecule has 1 aromatic heterocycles. The third kappa shape index (κ3) is 4.03. The molecule has 2 aliphatic rings. The van der Waals surface area contributed by atoms with Crippen LogP contribution in [-0.2, 0) is 29.1 Å². The maximum atomic E-state index is 13.1. The lowest BCUT2D eigenvalue weighted by molar-refractivity contribution is 0.0940. The highest BCUT2D eigenvalue weighted by atomic mass is 32.2. The van der Waals surface area contributed by atoms with Gasteiger partial charge in [-0.3, -0.25) is 9.48 Å². The Morgan fingerprint density at radius 3 is 2.73 bits per heavy atom. The van der Waals surface area contributed by atoms with Crippen LogP contribution in [0.4, 0.5) is 0 Å². The summed E-state index contributed by atoms with van der Waals surface area (Å²) in [6, 6.07) is 5.43. The van der Waals surface area contributed by atoms with Crippen LogP contribution in [0.25, 0.3) is 0 Å². The van der Waals surface area contributed by atoms with Crippen LogP contribution in [0.1, 0.15) is 46.2 Å². The highest BCUT2D eigenvalue weighted by Crippen LogP contribution is 2.31. The number of carbonyl (C=O) groups is 1. The minimum atomic E-state index is -3.06. The van der Waals surface area contributed by atoms with Crippen LogP contribution in [0.5, 0.6) is 11.5 Å². The summed E-state index contributed by atoms with van der Waals surface area (Å²) in [7, 11) is 0.125. The van der Waals surface area contributed by atoms with Gasteiger partial charge in [0.15, 0.2) is 21.3 Å². The molecule has 162 valence electrons. The van der Waals surface area contributed by atoms with Crippen molar-refractivity contribution in [2.45, 2.75) is 38.1 Å². The minimum absolute atomic E-state index is 0.0550. The van der Waals surface area contributed by atoms with Gasteiger partial charge in [-0.1, -0.05) is 6.07 Å². The summed E-state index contributed by atoms with van der Waals surface area (Å²) in [5.74, 6) is 1.34. The Bertz CT molecular complexity index is 1060. The number of nitrogens with zero attached hydrogens (tertiary/aromatic N) is 2. The van der Waals surface area contributed by atoms with E-state index in [1.54, 1.807) is 18.9 Å². The topological polar surface area (TPSA) is 99.5 Å². The molecular formula is C21H27N3O5S. The molecule has 1 unspecified atom stereocenters. The Morgan fingerprint density at radius 1 is 1.23 bits per heavy atom. The summed E-state index contributed by atoms with van der Waals surface area (Å²) in [4.78, 5) is 13.1. The fourth-order valence-electron chi connectivity index (χ4n) is 4.33. The number of carbonyl (C=O) groups excluding carboxylic acids is 1. The molecule has 1 N–H and O–H groups in total. The first-order valence-corrected chi connectivity index (χ1v) is 12.0. The van der Waals surface area contributed by atoms with Gasteiger partial charge >= 0.3 is 0 Å². The number of hydrogen-bond donors (Lipinski definition) is 1. The summed E-state index contributed by atoms with van der Waals surface area (Å²) in [5.41, 5.74) is 3.47. The molecule has 0 saturated carbocycles. The van der Waals surface area contributed by atoms with Gasteiger partial charge in [-0.15, -0.1) is 0 Å². The van der Waals surface area contributed by atoms with E-state index in [9.17, 15) is 13.2 Å². The zero-order valence-electron chi connectivity index (χ0n) is 17.3. The van der Waals surface area contributed by atoms with Crippen molar-refractivity contribution < 1.29 is 22.7 Å². The van der Waals surface area contributed by atoms with E-state index in [4.69, 9.17) is 9.47 Å². The summed E-state index contributed by atoms with van der Waals surface area (Å²) >= 11 is 0. The molecule has 0 spiro atoms. The summed E-state index contributed by atoms with van der Waals surface area (Å²) in [6.07, 6.45) is 3.78. The second-order valence-corrected chi connectivity index (χ2v) is 10.1. The number of methoxy groups -OCH3 is 2. The van der Waals surface area contributed by atoms with Gasteiger partial charge in [0.25, 0.3) is 5.91 Å². The van der Waals surface area contributed by atoms with Gasteiger partial charge in [0, 0.05) is 12.1 Å². The Morgan fingerprint density at radius 2 is 2.03 bits per heavy atom. The van der Waals surface area contributed by atoms with Crippen molar-refractivity contribution in [3.8, 4) is 11.5 Å². The van der Waals surface area contributed by atoms with Gasteiger partial charge in [0.2, 0.25) is 0 Å². The van der Waals surface area contributed by atoms with E-state index in [0.29, 0.717) is 36.6 Å². The monoisotopic (exact) mass is 433 g/mol. The van der Waals surface area contributed by atoms with Crippen molar-refractivity contribution in [3.05, 3.63) is 40.7 Å². The van der Waals surface area contributed by atoms with E-state index in [0.717, 1.165) is 36.1 Å². The van der Waals surface area contributed by atoms with Crippen molar-refractivity contribution in [1.82, 2.24) is 15.1 Å². The number of hydrogen-bond acceptors (Lipinski definition) is 6. The van der Waals surface area contributed by atoms with Gasteiger partial charge in [-0.2, -0.15) is 5.10 Å². The Labute approximate surface area is 176 Å². The summed E-state index contributed by atoms with van der Waals surface area (Å²) in [6.45, 7) is 0.456. The predicted octanol–water partition coefficient (Wildman–Crippen LogP) is 1.72. The molecule has 1 saturated heterocycles. The van der Waals surface area contributed by atoms with E-state index in [-0.39, 0.29) is 23.5 Å². The predicted molar refractivity (Wildman–Crippen MR) is 112 cm³/mol. The number of benzene rings is 1. The average Bonchev–Trinajstić information content (AvgIpc) is 3.41. The van der Waals surface area contributed by atoms with E-state index < -0.39 is 9.84 Å². The van der Waals surface area contributed by atoms with Gasteiger partial charge in [-0.25, -0.2) is 8.42 Å². The molecule has 4 rings (SSSR count). The molecule has 2 heterocycles. The Balaban J connectivity index is 1.47. The summed E-state index contributed by atoms with van der Waals surface area (Å²) < 4.78 is 36.1. The number of rotatable bonds is 7. The SMILES string of the molecule is COc1ccc(CCNC(=O)c2c3c(nn2C2CCS(=O)(=O)C2)CCC3)cc1OC. The van der Waals surface area contributed by atoms with Crippen LogP contribution in [0, 0.1) is 0 Å². The number of fused-ring (bicyclic) bond motifs is 1. The number of ether oxygens (including phenoxy) is 2. The standard InChI is InChI=1S/C21H27N3O5S/c1-28-18-7-6-14(12-19(18)29-2)8-10-22-21(25)20-16-4-3-5-17(16)23-24(20)15-9-11-30(26,27)13-15/h6-7,12,15H,3-5,8-11,13H2,1-2H3,(H,22,25). The van der Waals surface area contributed by atoms with Gasteiger partial charge in [0.05, 0.1) is 37.5 Å². The van der Waals surface area contributed by atoms with Crippen LogP contribution in [-0.4, -0.2) is 56.4 Å². The molecule has 9 heteroatoms. The highest BCUT2D eigenvalue weighted by molar-refractivity contribution is 7.91. The maximum absolute atomic E-state index is 13.1. The Kier molecular flexibility index (Phi) is 5.73. The third-order valence-electron chi connectivity index (χ3n) is 5.85. The third-order valence-corrected chi connectivity index (χ3v) is 7.60. The van der Waals surface area contributed by atoms with Crippen LogP contribution >= 0.6 is 0 Å². The molecule has 30 heavy (non-hydrogen) atoms. The number of amides is 1. The Hall–Kier alpha value is -2.55. The fourth-order valence-corrected chi connectivity index (χ4v) is 6.02. The zero-order valence-corrected chi connectivity index (χ0v) is 18.1. The molecule has 1 aromatic carbocycles. The largest absolute Gasteiger partial charge is 0.493 e. The zero-order chi connectivity index (χ0) is 21.3. The van der Waals surface area contributed by atoms with Crippen molar-refractivity contribution >= 4 is 15.7 Å². The molecule has 2 aromatic rings. The van der Waals surface area contributed by atoms with E-state index >= 15 is 0 Å². The molecule has 0 bridgehead atoms. The summed E-state index contributed by atoms with van der Waals surface area (Å²) in [5, 5.41) is 7.62. The second kappa shape index (κ2) is 8.29. The number of sulfone groups is 1. The van der Waals surface area contributed by atoms with Gasteiger partial charge in [-0.05, 0) is 49.8 Å². The average molecular weight is 434 g/mol. The molecule has 1 fully saturated rings. The molecule has 1 atom stereocenters. The van der Waals surface area contributed by atoms with Gasteiger partial charge in [0.1, 0.15) is 5.69 Å². The number of nitrogens with one attached hydrogen (secondary N) is 1. The van der Waals surface area contributed by atoms with E-state index in [1.165, 1.54) is 0 Å². The minimum Gasteiger partial charge on any atom is -0.493 e. The van der Waals surface area contributed by atoms with Crippen LogP contribution < -0.4 is 14.8 Å². The van der Waals surface area contributed by atoms with Crippen LogP contribution in [0.15, 0.2) is 18.2 Å². The van der Waals surface area contributed by atoms with Gasteiger partial charge < -0.3 is 14.8 Å².